The molecule has 2 aromatic rings. The van der Waals surface area contributed by atoms with Gasteiger partial charge in [0.1, 0.15) is 5.75 Å². The molecule has 3 rings (SSSR count). The van der Waals surface area contributed by atoms with Gasteiger partial charge in [0.25, 0.3) is 0 Å². The second-order valence-corrected chi connectivity index (χ2v) is 7.95. The minimum atomic E-state index is -0.0343. The van der Waals surface area contributed by atoms with Crippen molar-refractivity contribution in [2.45, 2.75) is 44.6 Å². The number of likely N-dealkylation sites (tertiary alicyclic amines) is 1. The zero-order chi connectivity index (χ0) is 21.2. The number of Topliss-reactive ketones (excluding diaryl/α,β-unsaturated/α-hetero) is 1. The van der Waals surface area contributed by atoms with E-state index < -0.39 is 0 Å². The molecule has 1 aliphatic rings. The first-order valence-corrected chi connectivity index (χ1v) is 10.9. The third-order valence-electron chi connectivity index (χ3n) is 5.64. The molecule has 1 fully saturated rings. The highest BCUT2D eigenvalue weighted by atomic mass is 16.5. The third kappa shape index (κ3) is 6.99. The average Bonchev–Trinajstić information content (AvgIpc) is 2.78. The second-order valence-electron chi connectivity index (χ2n) is 7.95. The van der Waals surface area contributed by atoms with E-state index in [1.165, 1.54) is 5.56 Å². The standard InChI is InChI=1S/C25H32N2O3/c1-30-23-13-11-21(12-14-23)24(28)15-16-25(29)26-22-10-6-18-27(19-22)17-5-9-20-7-3-2-4-8-20/h2-4,7-8,11-14,22H,5-6,9-10,15-19H2,1H3,(H,26,29)/t22-/m0/s1. The van der Waals surface area contributed by atoms with Crippen molar-refractivity contribution in [3.63, 3.8) is 0 Å². The fourth-order valence-electron chi connectivity index (χ4n) is 3.98. The van der Waals surface area contributed by atoms with Crippen LogP contribution in [0.4, 0.5) is 0 Å². The number of aryl methyl sites for hydroxylation is 1. The van der Waals surface area contributed by atoms with Crippen molar-refractivity contribution in [1.29, 1.82) is 0 Å². The van der Waals surface area contributed by atoms with Crippen LogP contribution in [0.25, 0.3) is 0 Å². The van der Waals surface area contributed by atoms with Gasteiger partial charge in [-0.15, -0.1) is 0 Å². The molecule has 1 N–H and O–H groups in total. The van der Waals surface area contributed by atoms with Gasteiger partial charge in [0, 0.05) is 31.0 Å². The van der Waals surface area contributed by atoms with Crippen LogP contribution in [0.5, 0.6) is 5.75 Å². The third-order valence-corrected chi connectivity index (χ3v) is 5.64. The van der Waals surface area contributed by atoms with Gasteiger partial charge in [0.2, 0.25) is 5.91 Å². The molecule has 1 heterocycles. The van der Waals surface area contributed by atoms with Crippen LogP contribution < -0.4 is 10.1 Å². The molecule has 1 atom stereocenters. The molecule has 1 aliphatic heterocycles. The van der Waals surface area contributed by atoms with Crippen LogP contribution in [-0.2, 0) is 11.2 Å². The fraction of sp³-hybridized carbons (Fsp3) is 0.440. The van der Waals surface area contributed by atoms with Crippen molar-refractivity contribution < 1.29 is 14.3 Å². The summed E-state index contributed by atoms with van der Waals surface area (Å²) in [7, 11) is 1.59. The van der Waals surface area contributed by atoms with Gasteiger partial charge in [0.15, 0.2) is 5.78 Å². The van der Waals surface area contributed by atoms with Gasteiger partial charge in [-0.05, 0) is 68.6 Å². The van der Waals surface area contributed by atoms with Crippen LogP contribution in [0, 0.1) is 0 Å². The van der Waals surface area contributed by atoms with Gasteiger partial charge in [0.05, 0.1) is 7.11 Å². The van der Waals surface area contributed by atoms with Gasteiger partial charge in [-0.25, -0.2) is 0 Å². The van der Waals surface area contributed by atoms with Crippen molar-refractivity contribution in [1.82, 2.24) is 10.2 Å². The molecule has 2 aromatic carbocycles. The summed E-state index contributed by atoms with van der Waals surface area (Å²) >= 11 is 0. The topological polar surface area (TPSA) is 58.6 Å². The first-order chi connectivity index (χ1) is 14.6. The summed E-state index contributed by atoms with van der Waals surface area (Å²) in [6.45, 7) is 3.04. The molecule has 0 aromatic heterocycles. The summed E-state index contributed by atoms with van der Waals surface area (Å²) in [5.41, 5.74) is 1.99. The number of carbonyl (C=O) groups is 2. The Morgan fingerprint density at radius 3 is 2.57 bits per heavy atom. The zero-order valence-electron chi connectivity index (χ0n) is 17.8. The fourth-order valence-corrected chi connectivity index (χ4v) is 3.98. The molecule has 0 spiro atoms. The highest BCUT2D eigenvalue weighted by Gasteiger charge is 2.21. The summed E-state index contributed by atoms with van der Waals surface area (Å²) in [6.07, 6.45) is 4.78. The summed E-state index contributed by atoms with van der Waals surface area (Å²) in [4.78, 5) is 27.1. The number of ketones is 1. The lowest BCUT2D eigenvalue weighted by Gasteiger charge is -2.33. The van der Waals surface area contributed by atoms with Crippen LogP contribution in [0.3, 0.4) is 0 Å². The number of methoxy groups -OCH3 is 1. The molecule has 5 heteroatoms. The van der Waals surface area contributed by atoms with Crippen LogP contribution in [-0.4, -0.2) is 49.4 Å². The Morgan fingerprint density at radius 1 is 1.07 bits per heavy atom. The largest absolute Gasteiger partial charge is 0.497 e. The number of amides is 1. The van der Waals surface area contributed by atoms with Crippen molar-refractivity contribution in [3.8, 4) is 5.75 Å². The maximum absolute atomic E-state index is 12.4. The Balaban J connectivity index is 1.36. The van der Waals surface area contributed by atoms with Gasteiger partial charge in [-0.3, -0.25) is 9.59 Å². The maximum atomic E-state index is 12.4. The Morgan fingerprint density at radius 2 is 1.83 bits per heavy atom. The number of piperidine rings is 1. The second kappa shape index (κ2) is 11.5. The number of nitrogens with zero attached hydrogens (tertiary/aromatic N) is 1. The molecule has 1 saturated heterocycles. The van der Waals surface area contributed by atoms with E-state index >= 15 is 0 Å². The van der Waals surface area contributed by atoms with Gasteiger partial charge in [-0.2, -0.15) is 0 Å². The number of hydrogen-bond acceptors (Lipinski definition) is 4. The van der Waals surface area contributed by atoms with Crippen LogP contribution in [0.2, 0.25) is 0 Å². The van der Waals surface area contributed by atoms with Crippen molar-refractivity contribution in [3.05, 3.63) is 65.7 Å². The van der Waals surface area contributed by atoms with Crippen LogP contribution in [0.1, 0.15) is 48.0 Å². The number of hydrogen-bond donors (Lipinski definition) is 1. The Labute approximate surface area is 179 Å². The van der Waals surface area contributed by atoms with E-state index in [0.717, 1.165) is 51.1 Å². The first kappa shape index (κ1) is 22.0. The highest BCUT2D eigenvalue weighted by Crippen LogP contribution is 2.15. The molecule has 0 aliphatic carbocycles. The lowest BCUT2D eigenvalue weighted by molar-refractivity contribution is -0.122. The quantitative estimate of drug-likeness (QED) is 0.607. The average molecular weight is 409 g/mol. The van der Waals surface area contributed by atoms with E-state index in [-0.39, 0.29) is 30.6 Å². The van der Waals surface area contributed by atoms with E-state index in [0.29, 0.717) is 5.56 Å². The van der Waals surface area contributed by atoms with E-state index in [4.69, 9.17) is 4.74 Å². The normalized spacial score (nSPS) is 16.8. The zero-order valence-corrected chi connectivity index (χ0v) is 17.8. The Bertz CT molecular complexity index is 805. The number of benzene rings is 2. The van der Waals surface area contributed by atoms with Crippen molar-refractivity contribution in [2.24, 2.45) is 0 Å². The summed E-state index contributed by atoms with van der Waals surface area (Å²) in [5.74, 6) is 0.668. The molecule has 160 valence electrons. The first-order valence-electron chi connectivity index (χ1n) is 10.9. The van der Waals surface area contributed by atoms with Gasteiger partial charge in [-0.1, -0.05) is 30.3 Å². The van der Waals surface area contributed by atoms with E-state index in [1.807, 2.05) is 6.07 Å². The van der Waals surface area contributed by atoms with Crippen molar-refractivity contribution >= 4 is 11.7 Å². The van der Waals surface area contributed by atoms with E-state index in [2.05, 4.69) is 34.5 Å². The predicted octanol–water partition coefficient (Wildman–Crippen LogP) is 3.87. The summed E-state index contributed by atoms with van der Waals surface area (Å²) in [5, 5.41) is 3.13. The molecule has 0 radical (unpaired) electrons. The minimum absolute atomic E-state index is 0.0148. The summed E-state index contributed by atoms with van der Waals surface area (Å²) < 4.78 is 5.11. The van der Waals surface area contributed by atoms with Crippen LogP contribution >= 0.6 is 0 Å². The molecule has 30 heavy (non-hydrogen) atoms. The molecular formula is C25H32N2O3. The van der Waals surface area contributed by atoms with E-state index in [1.54, 1.807) is 31.4 Å². The number of carbonyl (C=O) groups excluding carboxylic acids is 2. The maximum Gasteiger partial charge on any atom is 0.220 e. The van der Waals surface area contributed by atoms with Gasteiger partial charge < -0.3 is 15.0 Å². The predicted molar refractivity (Wildman–Crippen MR) is 119 cm³/mol. The minimum Gasteiger partial charge on any atom is -0.497 e. The lowest BCUT2D eigenvalue weighted by atomic mass is 10.0. The lowest BCUT2D eigenvalue weighted by Crippen LogP contribution is -2.48. The molecule has 0 unspecified atom stereocenters. The number of rotatable bonds is 10. The molecule has 0 saturated carbocycles. The molecule has 0 bridgehead atoms. The highest BCUT2D eigenvalue weighted by molar-refractivity contribution is 5.98. The molecule has 1 amide bonds. The SMILES string of the molecule is COc1ccc(C(=O)CCC(=O)N[C@H]2CCCN(CCCc3ccccc3)C2)cc1. The Kier molecular flexibility index (Phi) is 8.45. The number of nitrogens with one attached hydrogen (secondary N) is 1. The summed E-state index contributed by atoms with van der Waals surface area (Å²) in [6, 6.07) is 17.8. The molecule has 5 nitrogen and oxygen atoms in total. The number of ether oxygens (including phenoxy) is 1. The molecular weight excluding hydrogens is 376 g/mol. The van der Waals surface area contributed by atoms with Crippen molar-refractivity contribution in [2.75, 3.05) is 26.7 Å². The van der Waals surface area contributed by atoms with Gasteiger partial charge >= 0.3 is 0 Å². The smallest absolute Gasteiger partial charge is 0.220 e. The van der Waals surface area contributed by atoms with Crippen LogP contribution in [0.15, 0.2) is 54.6 Å². The Hall–Kier alpha value is -2.66. The monoisotopic (exact) mass is 408 g/mol. The van der Waals surface area contributed by atoms with E-state index in [9.17, 15) is 9.59 Å².